The third-order valence-corrected chi connectivity index (χ3v) is 5.32. The van der Waals surface area contributed by atoms with Crippen LogP contribution in [0, 0.1) is 23.3 Å². The van der Waals surface area contributed by atoms with Gasteiger partial charge in [-0.25, -0.2) is 26.5 Å². The highest BCUT2D eigenvalue weighted by atomic mass is 35.5. The molecule has 0 aliphatic heterocycles. The van der Waals surface area contributed by atoms with Crippen molar-refractivity contribution >= 4 is 23.4 Å². The summed E-state index contributed by atoms with van der Waals surface area (Å²) in [6, 6.07) is 5.87. The zero-order chi connectivity index (χ0) is 23.6. The van der Waals surface area contributed by atoms with Gasteiger partial charge in [-0.1, -0.05) is 0 Å². The second-order valence-electron chi connectivity index (χ2n) is 7.41. The van der Waals surface area contributed by atoms with Gasteiger partial charge in [-0.3, -0.25) is 0 Å². The summed E-state index contributed by atoms with van der Waals surface area (Å²) in [5.41, 5.74) is 6.34. The molecule has 0 saturated carbocycles. The van der Waals surface area contributed by atoms with E-state index < -0.39 is 39.0 Å². The fourth-order valence-corrected chi connectivity index (χ4v) is 2.88. The number of nitrogens with one attached hydrogen (secondary N) is 1. The van der Waals surface area contributed by atoms with Gasteiger partial charge in [0.1, 0.15) is 23.3 Å². The lowest BCUT2D eigenvalue weighted by atomic mass is 10.1. The molecule has 31 heavy (non-hydrogen) atoms. The molecule has 0 bridgehead atoms. The van der Waals surface area contributed by atoms with Crippen LogP contribution < -0.4 is 10.5 Å². The van der Waals surface area contributed by atoms with E-state index in [2.05, 4.69) is 4.72 Å². The Labute approximate surface area is 190 Å². The predicted molar refractivity (Wildman–Crippen MR) is 120 cm³/mol. The predicted octanol–water partition coefficient (Wildman–Crippen LogP) is 5.09. The van der Waals surface area contributed by atoms with Crippen LogP contribution in [-0.4, -0.2) is 21.2 Å². The molecule has 0 heterocycles. The number of aliphatic hydroxyl groups excluding tert-OH is 1. The maximum atomic E-state index is 13.0. The lowest BCUT2D eigenvalue weighted by Gasteiger charge is -2.22. The van der Waals surface area contributed by atoms with Crippen molar-refractivity contribution in [3.05, 3.63) is 70.8 Å². The molecule has 0 aliphatic rings. The molecule has 0 amide bonds. The van der Waals surface area contributed by atoms with E-state index in [9.17, 15) is 21.8 Å². The first kappa shape index (κ1) is 31.7. The average molecular weight is 487 g/mol. The number of rotatable bonds is 4. The fourth-order valence-electron chi connectivity index (χ4n) is 2.07. The second-order valence-corrected chi connectivity index (χ2v) is 9.41. The summed E-state index contributed by atoms with van der Waals surface area (Å²) >= 11 is 0. The summed E-state index contributed by atoms with van der Waals surface area (Å²) in [6.07, 6.45) is 0. The zero-order valence-electron chi connectivity index (χ0n) is 18.4. The largest absolute Gasteiger partial charge is 0.400 e. The Bertz CT molecular complexity index is 793. The first-order valence-corrected chi connectivity index (χ1v) is 10.2. The van der Waals surface area contributed by atoms with E-state index in [1.54, 1.807) is 13.8 Å². The Morgan fingerprint density at radius 3 is 1.45 bits per heavy atom. The van der Waals surface area contributed by atoms with E-state index >= 15 is 0 Å². The molecule has 3 atom stereocenters. The van der Waals surface area contributed by atoms with Crippen molar-refractivity contribution in [2.75, 3.05) is 7.11 Å². The lowest BCUT2D eigenvalue weighted by Crippen LogP contribution is -2.34. The van der Waals surface area contributed by atoms with Crippen LogP contribution >= 0.6 is 12.4 Å². The Kier molecular flexibility index (Phi) is 14.8. The van der Waals surface area contributed by atoms with Gasteiger partial charge in [0, 0.05) is 31.3 Å². The van der Waals surface area contributed by atoms with Gasteiger partial charge in [-0.2, -0.15) is 0 Å². The number of nitrogens with two attached hydrogens (primary N) is 1. The van der Waals surface area contributed by atoms with Gasteiger partial charge in [0.2, 0.25) is 0 Å². The van der Waals surface area contributed by atoms with Crippen molar-refractivity contribution < 1.29 is 26.9 Å². The van der Waals surface area contributed by atoms with E-state index in [1.807, 2.05) is 20.8 Å². The Hall–Kier alpha value is -1.52. The van der Waals surface area contributed by atoms with E-state index in [-0.39, 0.29) is 24.5 Å². The number of aliphatic hydroxyl groups is 1. The van der Waals surface area contributed by atoms with Crippen LogP contribution in [0.25, 0.3) is 0 Å². The van der Waals surface area contributed by atoms with Crippen LogP contribution in [0.3, 0.4) is 0 Å². The highest BCUT2D eigenvalue weighted by molar-refractivity contribution is 7.84. The molecule has 0 radical (unpaired) electrons. The Balaban J connectivity index is 0. The minimum atomic E-state index is -1.28. The van der Waals surface area contributed by atoms with Gasteiger partial charge < -0.3 is 10.8 Å². The number of halogens is 5. The van der Waals surface area contributed by atoms with E-state index in [1.165, 1.54) is 24.3 Å². The highest BCUT2D eigenvalue weighted by Gasteiger charge is 2.22. The normalized spacial score (nSPS) is 13.4. The number of benzene rings is 2. The van der Waals surface area contributed by atoms with E-state index in [4.69, 9.17) is 10.8 Å². The molecule has 0 spiro atoms. The molecule has 10 heteroatoms. The van der Waals surface area contributed by atoms with Gasteiger partial charge in [0.05, 0.1) is 15.7 Å². The maximum absolute atomic E-state index is 13.0. The molecule has 4 nitrogen and oxygen atoms in total. The molecule has 0 aliphatic carbocycles. The van der Waals surface area contributed by atoms with Crippen molar-refractivity contribution in [2.24, 2.45) is 5.73 Å². The SMILES string of the molecule is CO.C[C@H](N)c1cc(F)cc(F)c1.C[C@H](N[S@](=O)C(C)(C)C)c1cc(F)cc(F)c1.Cl. The third kappa shape index (κ3) is 12.2. The van der Waals surface area contributed by atoms with Crippen LogP contribution in [0.4, 0.5) is 17.6 Å². The topological polar surface area (TPSA) is 75.3 Å². The molecule has 178 valence electrons. The van der Waals surface area contributed by atoms with E-state index in [0.29, 0.717) is 11.1 Å². The van der Waals surface area contributed by atoms with Crippen LogP contribution in [0.2, 0.25) is 0 Å². The monoisotopic (exact) mass is 486 g/mol. The molecule has 0 fully saturated rings. The smallest absolute Gasteiger partial charge is 0.126 e. The van der Waals surface area contributed by atoms with Crippen LogP contribution in [0.15, 0.2) is 36.4 Å². The Morgan fingerprint density at radius 2 is 1.16 bits per heavy atom. The second kappa shape index (κ2) is 14.5. The maximum Gasteiger partial charge on any atom is 0.126 e. The molecule has 4 N–H and O–H groups in total. The molecule has 0 aromatic heterocycles. The standard InChI is InChI=1S/C12H17F2NOS.C8H9F2N.CH4O.ClH/c1-8(15-17(16)12(2,3)4)9-5-10(13)7-11(14)6-9;1-5(11)6-2-7(9)4-8(10)3-6;1-2;/h5-8,15H,1-4H3;2-5H,11H2,1H3;2H,1H3;1H/t8-,17+;5-;;/m00../s1. The molecule has 2 rings (SSSR count). The summed E-state index contributed by atoms with van der Waals surface area (Å²) < 4.78 is 65.3. The zero-order valence-corrected chi connectivity index (χ0v) is 20.0. The van der Waals surface area contributed by atoms with Crippen LogP contribution in [-0.2, 0) is 11.0 Å². The lowest BCUT2D eigenvalue weighted by molar-refractivity contribution is 0.399. The van der Waals surface area contributed by atoms with Gasteiger partial charge in [0.15, 0.2) is 0 Å². The quantitative estimate of drug-likeness (QED) is 0.527. The summed E-state index contributed by atoms with van der Waals surface area (Å²) in [6.45, 7) is 8.88. The first-order chi connectivity index (χ1) is 13.8. The van der Waals surface area contributed by atoms with Gasteiger partial charge in [-0.05, 0) is 70.0 Å². The first-order valence-electron chi connectivity index (χ1n) is 9.10. The van der Waals surface area contributed by atoms with E-state index in [0.717, 1.165) is 19.2 Å². The van der Waals surface area contributed by atoms with Gasteiger partial charge in [0.25, 0.3) is 0 Å². The van der Waals surface area contributed by atoms with Crippen molar-refractivity contribution in [1.82, 2.24) is 4.72 Å². The molecule has 0 unspecified atom stereocenters. The molecule has 2 aromatic carbocycles. The van der Waals surface area contributed by atoms with Crippen LogP contribution in [0.1, 0.15) is 57.8 Å². The fraction of sp³-hybridized carbons (Fsp3) is 0.429. The van der Waals surface area contributed by atoms with Crippen molar-refractivity contribution in [2.45, 2.75) is 51.4 Å². The van der Waals surface area contributed by atoms with Crippen molar-refractivity contribution in [3.8, 4) is 0 Å². The Morgan fingerprint density at radius 1 is 0.839 bits per heavy atom. The molecule has 2 aromatic rings. The molecular weight excluding hydrogens is 456 g/mol. The third-order valence-electron chi connectivity index (χ3n) is 3.64. The molecular formula is C21H31ClF4N2O2S. The van der Waals surface area contributed by atoms with Crippen molar-refractivity contribution in [1.29, 1.82) is 0 Å². The average Bonchev–Trinajstić information content (AvgIpc) is 2.61. The van der Waals surface area contributed by atoms with Gasteiger partial charge in [-0.15, -0.1) is 12.4 Å². The minimum absolute atomic E-state index is 0. The summed E-state index contributed by atoms with van der Waals surface area (Å²) in [5, 5.41) is 7.00. The van der Waals surface area contributed by atoms with Gasteiger partial charge >= 0.3 is 0 Å². The van der Waals surface area contributed by atoms with Crippen LogP contribution in [0.5, 0.6) is 0 Å². The number of hydrogen-bond acceptors (Lipinski definition) is 3. The summed E-state index contributed by atoms with van der Waals surface area (Å²) in [7, 11) is -0.276. The molecule has 0 saturated heterocycles. The van der Waals surface area contributed by atoms with Crippen molar-refractivity contribution in [3.63, 3.8) is 0 Å². The summed E-state index contributed by atoms with van der Waals surface area (Å²) in [4.78, 5) is 0. The minimum Gasteiger partial charge on any atom is -0.400 e. The summed E-state index contributed by atoms with van der Waals surface area (Å²) in [5.74, 6) is -2.43. The highest BCUT2D eigenvalue weighted by Crippen LogP contribution is 2.19. The number of hydrogen-bond donors (Lipinski definition) is 3.